The standard InChI is InChI=1S/C7H6Cl2N4O/c1-13-3(2-11-7(13)9)5-4(8)6(10)12-14-5/h2H,1H3,(H2,10,12). The molecule has 0 aliphatic heterocycles. The summed E-state index contributed by atoms with van der Waals surface area (Å²) in [5.41, 5.74) is 6.06. The largest absolute Gasteiger partial charge is 0.380 e. The third-order valence-electron chi connectivity index (χ3n) is 1.82. The molecule has 0 unspecified atom stereocenters. The van der Waals surface area contributed by atoms with E-state index >= 15 is 0 Å². The minimum Gasteiger partial charge on any atom is -0.380 e. The lowest BCUT2D eigenvalue weighted by Crippen LogP contribution is -1.90. The Morgan fingerprint density at radius 3 is 2.64 bits per heavy atom. The lowest BCUT2D eigenvalue weighted by atomic mass is 10.3. The van der Waals surface area contributed by atoms with Gasteiger partial charge in [-0.05, 0) is 11.6 Å². The van der Waals surface area contributed by atoms with Crippen LogP contribution in [0.5, 0.6) is 0 Å². The Morgan fingerprint density at radius 2 is 2.21 bits per heavy atom. The van der Waals surface area contributed by atoms with E-state index < -0.39 is 0 Å². The fourth-order valence-corrected chi connectivity index (χ4v) is 1.35. The second-order valence-electron chi connectivity index (χ2n) is 2.68. The average Bonchev–Trinajstić information content (AvgIpc) is 2.63. The minimum absolute atomic E-state index is 0.152. The number of nitrogens with two attached hydrogens (primary N) is 1. The zero-order valence-electron chi connectivity index (χ0n) is 7.16. The smallest absolute Gasteiger partial charge is 0.205 e. The number of nitrogens with zero attached hydrogens (tertiary/aromatic N) is 3. The Hall–Kier alpha value is -1.20. The van der Waals surface area contributed by atoms with Crippen LogP contribution in [0.2, 0.25) is 10.3 Å². The first kappa shape index (κ1) is 9.36. The monoisotopic (exact) mass is 232 g/mol. The molecule has 5 nitrogen and oxygen atoms in total. The van der Waals surface area contributed by atoms with Gasteiger partial charge in [0.1, 0.15) is 10.7 Å². The highest BCUT2D eigenvalue weighted by Crippen LogP contribution is 2.32. The van der Waals surface area contributed by atoms with Crippen molar-refractivity contribution in [1.29, 1.82) is 0 Å². The van der Waals surface area contributed by atoms with Gasteiger partial charge in [-0.15, -0.1) is 0 Å². The molecule has 0 bridgehead atoms. The molecule has 0 spiro atoms. The summed E-state index contributed by atoms with van der Waals surface area (Å²) in [7, 11) is 1.74. The highest BCUT2D eigenvalue weighted by Gasteiger charge is 2.17. The molecule has 7 heteroatoms. The summed E-state index contributed by atoms with van der Waals surface area (Å²) < 4.78 is 6.57. The first-order valence-electron chi connectivity index (χ1n) is 3.69. The third-order valence-corrected chi connectivity index (χ3v) is 2.54. The molecule has 0 aliphatic rings. The molecule has 0 saturated heterocycles. The number of aromatic nitrogens is 3. The third kappa shape index (κ3) is 1.25. The highest BCUT2D eigenvalue weighted by molar-refractivity contribution is 6.35. The van der Waals surface area contributed by atoms with Crippen molar-refractivity contribution in [2.45, 2.75) is 0 Å². The molecule has 2 heterocycles. The van der Waals surface area contributed by atoms with E-state index in [4.69, 9.17) is 33.5 Å². The Balaban J connectivity index is 2.60. The Labute approximate surface area is 89.4 Å². The second-order valence-corrected chi connectivity index (χ2v) is 3.40. The van der Waals surface area contributed by atoms with E-state index in [1.165, 1.54) is 6.20 Å². The number of halogens is 2. The molecule has 0 aromatic carbocycles. The molecular formula is C7H6Cl2N4O. The van der Waals surface area contributed by atoms with E-state index in [1.54, 1.807) is 11.6 Å². The van der Waals surface area contributed by atoms with E-state index in [2.05, 4.69) is 10.1 Å². The molecule has 2 aromatic heterocycles. The lowest BCUT2D eigenvalue weighted by Gasteiger charge is -1.97. The molecule has 14 heavy (non-hydrogen) atoms. The SMILES string of the molecule is Cn1c(-c2onc(N)c2Cl)cnc1Cl. The van der Waals surface area contributed by atoms with E-state index in [0.717, 1.165) is 0 Å². The maximum atomic E-state index is 5.86. The summed E-state index contributed by atoms with van der Waals surface area (Å²) in [4.78, 5) is 3.88. The van der Waals surface area contributed by atoms with Crippen LogP contribution in [0.15, 0.2) is 10.7 Å². The van der Waals surface area contributed by atoms with Crippen molar-refractivity contribution in [3.63, 3.8) is 0 Å². The Kier molecular flexibility index (Phi) is 2.13. The van der Waals surface area contributed by atoms with Crippen LogP contribution in [0.25, 0.3) is 11.5 Å². The molecule has 0 aliphatic carbocycles. The van der Waals surface area contributed by atoms with Gasteiger partial charge in [-0.25, -0.2) is 4.98 Å². The Bertz CT molecular complexity index is 432. The highest BCUT2D eigenvalue weighted by atomic mass is 35.5. The summed E-state index contributed by atoms with van der Waals surface area (Å²) in [6, 6.07) is 0. The maximum absolute atomic E-state index is 5.86. The van der Waals surface area contributed by atoms with Crippen molar-refractivity contribution in [2.75, 3.05) is 5.73 Å². The maximum Gasteiger partial charge on any atom is 0.205 e. The van der Waals surface area contributed by atoms with Gasteiger partial charge in [-0.3, -0.25) is 0 Å². The summed E-state index contributed by atoms with van der Waals surface area (Å²) in [5.74, 6) is 0.519. The normalized spacial score (nSPS) is 10.8. The topological polar surface area (TPSA) is 69.9 Å². The van der Waals surface area contributed by atoms with Crippen molar-refractivity contribution in [3.8, 4) is 11.5 Å². The molecule has 0 radical (unpaired) electrons. The summed E-state index contributed by atoms with van der Waals surface area (Å²) in [6.07, 6.45) is 1.54. The van der Waals surface area contributed by atoms with E-state index in [1.807, 2.05) is 0 Å². The predicted octanol–water partition coefficient (Wildman–Crippen LogP) is 1.96. The van der Waals surface area contributed by atoms with Gasteiger partial charge in [0.15, 0.2) is 5.82 Å². The summed E-state index contributed by atoms with van der Waals surface area (Å²) >= 11 is 11.6. The molecule has 0 saturated carbocycles. The van der Waals surface area contributed by atoms with Gasteiger partial charge in [0.25, 0.3) is 0 Å². The molecule has 0 atom stereocenters. The van der Waals surface area contributed by atoms with Crippen LogP contribution in [0.1, 0.15) is 0 Å². The van der Waals surface area contributed by atoms with Gasteiger partial charge in [0, 0.05) is 7.05 Å². The van der Waals surface area contributed by atoms with E-state index in [0.29, 0.717) is 16.7 Å². The van der Waals surface area contributed by atoms with Crippen LogP contribution in [-0.2, 0) is 7.05 Å². The quantitative estimate of drug-likeness (QED) is 0.817. The van der Waals surface area contributed by atoms with Crippen LogP contribution in [0.4, 0.5) is 5.82 Å². The number of hydrogen-bond donors (Lipinski definition) is 1. The van der Waals surface area contributed by atoms with Crippen LogP contribution in [0.3, 0.4) is 0 Å². The second kappa shape index (κ2) is 3.18. The zero-order chi connectivity index (χ0) is 10.3. The van der Waals surface area contributed by atoms with Crippen LogP contribution in [-0.4, -0.2) is 14.7 Å². The van der Waals surface area contributed by atoms with Crippen molar-refractivity contribution in [3.05, 3.63) is 16.5 Å². The van der Waals surface area contributed by atoms with E-state index in [-0.39, 0.29) is 10.8 Å². The van der Waals surface area contributed by atoms with Gasteiger partial charge in [-0.1, -0.05) is 16.8 Å². The number of rotatable bonds is 1. The van der Waals surface area contributed by atoms with Crippen LogP contribution < -0.4 is 5.73 Å². The van der Waals surface area contributed by atoms with Crippen LogP contribution in [0, 0.1) is 0 Å². The molecule has 2 rings (SSSR count). The van der Waals surface area contributed by atoms with Gasteiger partial charge < -0.3 is 14.8 Å². The summed E-state index contributed by atoms with van der Waals surface area (Å²) in [5, 5.41) is 4.14. The van der Waals surface area contributed by atoms with Gasteiger partial charge in [0.2, 0.25) is 11.0 Å². The van der Waals surface area contributed by atoms with Crippen molar-refractivity contribution in [2.24, 2.45) is 7.05 Å². The molecule has 74 valence electrons. The minimum atomic E-state index is 0.152. The van der Waals surface area contributed by atoms with Crippen molar-refractivity contribution >= 4 is 29.0 Å². The number of anilines is 1. The summed E-state index contributed by atoms with van der Waals surface area (Å²) in [6.45, 7) is 0. The number of nitrogen functional groups attached to an aromatic ring is 1. The predicted molar refractivity (Wildman–Crippen MR) is 53.1 cm³/mol. The number of imidazole rings is 1. The molecular weight excluding hydrogens is 227 g/mol. The molecule has 2 N–H and O–H groups in total. The van der Waals surface area contributed by atoms with Crippen LogP contribution >= 0.6 is 23.2 Å². The zero-order valence-corrected chi connectivity index (χ0v) is 8.67. The average molecular weight is 233 g/mol. The lowest BCUT2D eigenvalue weighted by molar-refractivity contribution is 0.433. The fourth-order valence-electron chi connectivity index (χ4n) is 1.05. The molecule has 0 amide bonds. The fraction of sp³-hybridized carbons (Fsp3) is 0.143. The van der Waals surface area contributed by atoms with Gasteiger partial charge >= 0.3 is 0 Å². The van der Waals surface area contributed by atoms with Crippen molar-refractivity contribution < 1.29 is 4.52 Å². The molecule has 0 fully saturated rings. The molecule has 2 aromatic rings. The van der Waals surface area contributed by atoms with Gasteiger partial charge in [0.05, 0.1) is 6.20 Å². The first-order valence-corrected chi connectivity index (χ1v) is 4.45. The van der Waals surface area contributed by atoms with Crippen molar-refractivity contribution in [1.82, 2.24) is 14.7 Å². The first-order chi connectivity index (χ1) is 6.61. The Morgan fingerprint density at radius 1 is 1.50 bits per heavy atom. The van der Waals surface area contributed by atoms with Gasteiger partial charge in [-0.2, -0.15) is 0 Å². The number of hydrogen-bond acceptors (Lipinski definition) is 4. The van der Waals surface area contributed by atoms with E-state index in [9.17, 15) is 0 Å².